The quantitative estimate of drug-likeness (QED) is 0.184. The minimum atomic E-state index is -4.41. The number of hydrogen-bond donors (Lipinski definition) is 2. The van der Waals surface area contributed by atoms with E-state index in [1.54, 1.807) is 0 Å². The van der Waals surface area contributed by atoms with Crippen LogP contribution in [0.5, 0.6) is 0 Å². The SMILES string of the molecule is Cc1cc(C)nc(N/C(=N/C(=S)Nc2ccc(C(F)(F)F)cc2)N2CCN(c3nsc4ccccc34)CC2)n1. The van der Waals surface area contributed by atoms with Crippen LogP contribution in [0.2, 0.25) is 0 Å². The minimum absolute atomic E-state index is 0.0922. The van der Waals surface area contributed by atoms with E-state index in [1.165, 1.54) is 23.7 Å². The minimum Gasteiger partial charge on any atom is -0.352 e. The first-order valence-electron chi connectivity index (χ1n) is 12.2. The Hall–Kier alpha value is -3.84. The van der Waals surface area contributed by atoms with Gasteiger partial charge in [0.2, 0.25) is 17.0 Å². The third-order valence-electron chi connectivity index (χ3n) is 6.11. The number of alkyl halides is 3. The smallest absolute Gasteiger partial charge is 0.352 e. The van der Waals surface area contributed by atoms with Crippen molar-refractivity contribution >= 4 is 62.4 Å². The van der Waals surface area contributed by atoms with Gasteiger partial charge >= 0.3 is 6.18 Å². The van der Waals surface area contributed by atoms with E-state index in [2.05, 4.69) is 47.0 Å². The van der Waals surface area contributed by atoms with Gasteiger partial charge in [-0.3, -0.25) is 5.32 Å². The number of anilines is 3. The molecule has 1 saturated heterocycles. The Labute approximate surface area is 232 Å². The fraction of sp³-hybridized carbons (Fsp3) is 0.269. The molecule has 1 aliphatic rings. The lowest BCUT2D eigenvalue weighted by molar-refractivity contribution is -0.137. The van der Waals surface area contributed by atoms with Gasteiger partial charge in [-0.15, -0.1) is 0 Å². The molecule has 39 heavy (non-hydrogen) atoms. The molecule has 5 rings (SSSR count). The number of rotatable bonds is 3. The summed E-state index contributed by atoms with van der Waals surface area (Å²) in [6, 6.07) is 14.7. The number of aryl methyl sites for hydroxylation is 2. The third kappa shape index (κ3) is 6.42. The van der Waals surface area contributed by atoms with Gasteiger partial charge in [-0.25, -0.2) is 9.97 Å². The number of halogens is 3. The van der Waals surface area contributed by atoms with Crippen molar-refractivity contribution in [2.24, 2.45) is 4.99 Å². The Morgan fingerprint density at radius 3 is 2.28 bits per heavy atom. The van der Waals surface area contributed by atoms with Crippen LogP contribution < -0.4 is 15.5 Å². The second kappa shape index (κ2) is 11.1. The summed E-state index contributed by atoms with van der Waals surface area (Å²) >= 11 is 6.93. The van der Waals surface area contributed by atoms with Gasteiger partial charge in [-0.1, -0.05) is 12.1 Å². The van der Waals surface area contributed by atoms with Gasteiger partial charge in [0.15, 0.2) is 0 Å². The molecule has 8 nitrogen and oxygen atoms in total. The summed E-state index contributed by atoms with van der Waals surface area (Å²) in [4.78, 5) is 17.8. The molecular formula is C26H25F3N8S2. The highest BCUT2D eigenvalue weighted by Crippen LogP contribution is 2.31. The fourth-order valence-corrected chi connectivity index (χ4v) is 5.28. The van der Waals surface area contributed by atoms with Crippen LogP contribution in [0.15, 0.2) is 59.6 Å². The Bertz CT molecular complexity index is 1490. The number of piperazine rings is 1. The van der Waals surface area contributed by atoms with Crippen LogP contribution in [-0.4, -0.2) is 56.5 Å². The molecule has 0 unspecified atom stereocenters. The summed E-state index contributed by atoms with van der Waals surface area (Å²) in [6.07, 6.45) is -4.41. The molecule has 2 aromatic heterocycles. The highest BCUT2D eigenvalue weighted by molar-refractivity contribution is 7.80. The highest BCUT2D eigenvalue weighted by atomic mass is 32.1. The van der Waals surface area contributed by atoms with E-state index in [0.29, 0.717) is 43.8 Å². The molecule has 0 radical (unpaired) electrons. The Balaban J connectivity index is 1.34. The molecule has 3 heterocycles. The number of fused-ring (bicyclic) bond motifs is 1. The molecule has 202 valence electrons. The average molecular weight is 571 g/mol. The Kier molecular flexibility index (Phi) is 7.62. The van der Waals surface area contributed by atoms with E-state index in [1.807, 2.05) is 36.9 Å². The maximum absolute atomic E-state index is 12.9. The molecule has 0 bridgehead atoms. The molecule has 0 amide bonds. The summed E-state index contributed by atoms with van der Waals surface area (Å²) in [6.45, 7) is 6.44. The molecule has 0 saturated carbocycles. The lowest BCUT2D eigenvalue weighted by atomic mass is 10.2. The molecule has 4 aromatic rings. The zero-order valence-electron chi connectivity index (χ0n) is 21.2. The van der Waals surface area contributed by atoms with E-state index < -0.39 is 11.7 Å². The van der Waals surface area contributed by atoms with Crippen LogP contribution in [0.3, 0.4) is 0 Å². The molecule has 0 aliphatic carbocycles. The van der Waals surface area contributed by atoms with Crippen LogP contribution in [0.1, 0.15) is 17.0 Å². The Morgan fingerprint density at radius 1 is 0.949 bits per heavy atom. The van der Waals surface area contributed by atoms with Gasteiger partial charge in [0, 0.05) is 48.6 Å². The summed E-state index contributed by atoms with van der Waals surface area (Å²) in [5.41, 5.74) is 1.27. The fourth-order valence-electron chi connectivity index (χ4n) is 4.28. The highest BCUT2D eigenvalue weighted by Gasteiger charge is 2.30. The third-order valence-corrected chi connectivity index (χ3v) is 7.12. The molecule has 13 heteroatoms. The summed E-state index contributed by atoms with van der Waals surface area (Å²) in [5, 5.41) is 7.33. The maximum Gasteiger partial charge on any atom is 0.416 e. The van der Waals surface area contributed by atoms with Gasteiger partial charge in [0.05, 0.1) is 10.3 Å². The number of guanidine groups is 1. The van der Waals surface area contributed by atoms with Crippen molar-refractivity contribution in [3.05, 3.63) is 71.5 Å². The zero-order chi connectivity index (χ0) is 27.6. The van der Waals surface area contributed by atoms with Crippen LogP contribution >= 0.6 is 23.8 Å². The van der Waals surface area contributed by atoms with Crippen molar-refractivity contribution in [3.8, 4) is 0 Å². The number of hydrogen-bond acceptors (Lipinski definition) is 6. The van der Waals surface area contributed by atoms with Crippen molar-refractivity contribution in [2.45, 2.75) is 20.0 Å². The van der Waals surface area contributed by atoms with Crippen molar-refractivity contribution in [1.82, 2.24) is 19.2 Å². The Morgan fingerprint density at radius 2 is 1.62 bits per heavy atom. The maximum atomic E-state index is 12.9. The number of benzene rings is 2. The second-order valence-electron chi connectivity index (χ2n) is 9.02. The number of aromatic nitrogens is 3. The molecule has 1 aliphatic heterocycles. The van der Waals surface area contributed by atoms with Gasteiger partial charge in [0.25, 0.3) is 0 Å². The molecule has 2 N–H and O–H groups in total. The summed E-state index contributed by atoms with van der Waals surface area (Å²) in [7, 11) is 0. The van der Waals surface area contributed by atoms with E-state index in [4.69, 9.17) is 12.2 Å². The van der Waals surface area contributed by atoms with E-state index >= 15 is 0 Å². The molecule has 1 fully saturated rings. The largest absolute Gasteiger partial charge is 0.416 e. The molecule has 0 atom stereocenters. The average Bonchev–Trinajstić information content (AvgIpc) is 3.32. The predicted molar refractivity (Wildman–Crippen MR) is 154 cm³/mol. The zero-order valence-corrected chi connectivity index (χ0v) is 22.8. The van der Waals surface area contributed by atoms with E-state index in [9.17, 15) is 13.2 Å². The monoisotopic (exact) mass is 570 g/mol. The lowest BCUT2D eigenvalue weighted by Gasteiger charge is -2.36. The lowest BCUT2D eigenvalue weighted by Crippen LogP contribution is -2.51. The second-order valence-corrected chi connectivity index (χ2v) is 10.2. The van der Waals surface area contributed by atoms with Gasteiger partial charge in [-0.05, 0) is 80.1 Å². The molecule has 0 spiro atoms. The van der Waals surface area contributed by atoms with Crippen molar-refractivity contribution in [2.75, 3.05) is 41.7 Å². The standard InChI is InChI=1S/C26H25F3N8S2/c1-16-15-17(2)31-23(30-16)33-24(34-25(38)32-19-9-7-18(8-10-19)26(27,28)29)37-13-11-36(12-14-37)22-20-5-3-4-6-21(20)39-35-22/h3-10,15H,11-14H2,1-2H3,(H2,30,31,32,33,34,38). The topological polar surface area (TPSA) is 81.6 Å². The normalized spacial score (nSPS) is 14.5. The number of nitrogens with one attached hydrogen (secondary N) is 2. The van der Waals surface area contributed by atoms with E-state index in [-0.39, 0.29) is 5.11 Å². The first-order valence-corrected chi connectivity index (χ1v) is 13.3. The number of aliphatic imine (C=N–C) groups is 1. The first-order chi connectivity index (χ1) is 18.7. The van der Waals surface area contributed by atoms with Crippen LogP contribution in [0, 0.1) is 13.8 Å². The van der Waals surface area contributed by atoms with Crippen molar-refractivity contribution in [3.63, 3.8) is 0 Å². The predicted octanol–water partition coefficient (Wildman–Crippen LogP) is 5.71. The molecule has 2 aromatic carbocycles. The van der Waals surface area contributed by atoms with Gasteiger partial charge in [-0.2, -0.15) is 22.5 Å². The summed E-state index contributed by atoms with van der Waals surface area (Å²) < 4.78 is 44.6. The van der Waals surface area contributed by atoms with Gasteiger partial charge in [0.1, 0.15) is 5.82 Å². The van der Waals surface area contributed by atoms with Gasteiger partial charge < -0.3 is 15.1 Å². The number of thiocarbonyl (C=S) groups is 1. The number of nitrogens with zero attached hydrogens (tertiary/aromatic N) is 6. The van der Waals surface area contributed by atoms with Crippen molar-refractivity contribution in [1.29, 1.82) is 0 Å². The van der Waals surface area contributed by atoms with Crippen molar-refractivity contribution < 1.29 is 13.2 Å². The summed E-state index contributed by atoms with van der Waals surface area (Å²) in [5.74, 6) is 1.81. The first kappa shape index (κ1) is 26.8. The van der Waals surface area contributed by atoms with Crippen LogP contribution in [0.25, 0.3) is 10.1 Å². The van der Waals surface area contributed by atoms with Crippen LogP contribution in [-0.2, 0) is 6.18 Å². The van der Waals surface area contributed by atoms with E-state index in [0.717, 1.165) is 39.4 Å². The molecular weight excluding hydrogens is 545 g/mol. The van der Waals surface area contributed by atoms with Crippen LogP contribution in [0.4, 0.5) is 30.6 Å².